The Morgan fingerprint density at radius 2 is 0.394 bits per heavy atom. The van der Waals surface area contributed by atoms with Crippen LogP contribution in [0.2, 0.25) is 0 Å². The van der Waals surface area contributed by atoms with E-state index >= 15 is 0 Å². The van der Waals surface area contributed by atoms with Gasteiger partial charge in [0.25, 0.3) is 26.9 Å². The lowest BCUT2D eigenvalue weighted by Gasteiger charge is -2.34. The van der Waals surface area contributed by atoms with E-state index in [1.807, 2.05) is 42.5 Å². The highest BCUT2D eigenvalue weighted by molar-refractivity contribution is 7.00. The van der Waals surface area contributed by atoms with Crippen LogP contribution in [0.25, 0.3) is 89.0 Å². The lowest BCUT2D eigenvalue weighted by atomic mass is 9.34. The molecule has 8 aliphatic rings. The first kappa shape index (κ1) is 82.0. The fourth-order valence-electron chi connectivity index (χ4n) is 21.6. The van der Waals surface area contributed by atoms with Crippen LogP contribution in [0.1, 0.15) is 27.8 Å². The van der Waals surface area contributed by atoms with Gasteiger partial charge in [-0.25, -0.2) is 0 Å². The number of fused-ring (bicyclic) bond motifs is 16. The third kappa shape index (κ3) is 14.3. The molecule has 12 heteroatoms. The Hall–Kier alpha value is -16.9. The SMILES string of the molecule is Cc1ccccc1-c1ccc2c(c1)B1c3ccccc3Oc3c(-c4ccccc4)ccc(c31)O2.Cc1ccccc1-c1ccc2c(c1)Oc1cccc3c1B2c1cccc(-c2ccccc2C)c1O3.Cc1ccccc1-c1ccc2c3c1Oc1ccccc1B3c1cc(-c3ccccc3)ccc1O2.Cc1ccccc1-c1cccc2c1Oc1cccc3c1B2c1ccc(-c2ccccc2)cc1O3. The summed E-state index contributed by atoms with van der Waals surface area (Å²) >= 11 is 0. The van der Waals surface area contributed by atoms with Gasteiger partial charge in [0.2, 0.25) is 0 Å². The van der Waals surface area contributed by atoms with Gasteiger partial charge in [0.15, 0.2) is 0 Å². The fourth-order valence-corrected chi connectivity index (χ4v) is 21.6. The molecule has 137 heavy (non-hydrogen) atoms. The standard InChI is InChI=1S/C32H23BO2.3C31H21BO2/c1-20-9-3-5-11-23(20)22-17-18-26-30(19-22)34-28-15-8-16-29-31(28)33(26)27-14-7-13-25(32(27)35-29)24-12-6-4-10-21(24)2;1-20-9-5-6-12-23(20)24-13-7-14-26-31(24)34-28-16-8-15-27-30(28)32(26)25-18-17-22(19-29(25)33-27)21-10-3-2-4-11-21;1-20-9-5-6-12-23(20)22-15-17-28-26(19-22)32-25-13-7-8-14-27(25)34-31-24(21-10-3-2-4-11-21)16-18-29(33-28)30(31)32;1-20-9-5-6-12-23(20)24-16-18-29-30-31(24)34-27-14-8-7-13-25(27)32(30)26-19-22(15-17-28(26)33-29)21-10-3-2-4-11-21/h3-19H,1-2H3;3*2-19H,1H3. The molecule has 0 amide bonds. The lowest BCUT2D eigenvalue weighted by Crippen LogP contribution is -2.57. The predicted octanol–water partition coefficient (Wildman–Crippen LogP) is 24.5. The van der Waals surface area contributed by atoms with Gasteiger partial charge in [-0.2, -0.15) is 0 Å². The van der Waals surface area contributed by atoms with Crippen LogP contribution in [0.4, 0.5) is 0 Å². The van der Waals surface area contributed by atoms with Crippen LogP contribution in [0.3, 0.4) is 0 Å². The van der Waals surface area contributed by atoms with E-state index in [4.69, 9.17) is 37.9 Å². The Balaban J connectivity index is 0.0000000970. The van der Waals surface area contributed by atoms with Crippen molar-refractivity contribution in [2.75, 3.05) is 0 Å². The van der Waals surface area contributed by atoms with Crippen LogP contribution in [0, 0.1) is 34.6 Å². The van der Waals surface area contributed by atoms with Crippen molar-refractivity contribution < 1.29 is 37.9 Å². The summed E-state index contributed by atoms with van der Waals surface area (Å²) in [7, 11) is 0. The van der Waals surface area contributed by atoms with E-state index < -0.39 is 0 Å². The third-order valence-corrected chi connectivity index (χ3v) is 28.2. The lowest BCUT2D eigenvalue weighted by molar-refractivity contribution is 0.465. The first-order valence-corrected chi connectivity index (χ1v) is 47.0. The number of hydrogen-bond acceptors (Lipinski definition) is 8. The smallest absolute Gasteiger partial charge is 0.260 e. The molecule has 0 saturated carbocycles. The van der Waals surface area contributed by atoms with Crippen LogP contribution in [-0.2, 0) is 0 Å². The molecule has 0 atom stereocenters. The number of rotatable bonds is 8. The molecule has 0 spiro atoms. The highest BCUT2D eigenvalue weighted by Crippen LogP contribution is 2.48. The van der Waals surface area contributed by atoms with Gasteiger partial charge in [0, 0.05) is 44.1 Å². The van der Waals surface area contributed by atoms with E-state index in [0.717, 1.165) is 147 Å². The molecule has 0 radical (unpaired) electrons. The minimum Gasteiger partial charge on any atom is -0.458 e. The molecule has 0 aromatic heterocycles. The zero-order valence-electron chi connectivity index (χ0n) is 76.1. The van der Waals surface area contributed by atoms with Gasteiger partial charge in [-0.05, 0) is 258 Å². The molecule has 8 nitrogen and oxygen atoms in total. The van der Waals surface area contributed by atoms with Gasteiger partial charge in [-0.3, -0.25) is 0 Å². The van der Waals surface area contributed by atoms with Crippen molar-refractivity contribution in [1.29, 1.82) is 0 Å². The molecular weight excluding hydrogens is 1670 g/mol. The second-order valence-corrected chi connectivity index (χ2v) is 36.3. The summed E-state index contributed by atoms with van der Waals surface area (Å²) in [5.41, 5.74) is 38.8. The number of hydrogen-bond donors (Lipinski definition) is 0. The van der Waals surface area contributed by atoms with E-state index in [2.05, 4.69) is 423 Å². The van der Waals surface area contributed by atoms with Gasteiger partial charge in [0.05, 0.1) is 0 Å². The summed E-state index contributed by atoms with van der Waals surface area (Å²) in [6.45, 7) is 11.0. The first-order chi connectivity index (χ1) is 67.5. The Morgan fingerprint density at radius 1 is 0.131 bits per heavy atom. The van der Waals surface area contributed by atoms with Gasteiger partial charge in [0.1, 0.15) is 92.0 Å². The van der Waals surface area contributed by atoms with Crippen molar-refractivity contribution in [2.45, 2.75) is 34.6 Å². The van der Waals surface area contributed by atoms with Crippen LogP contribution in [0.5, 0.6) is 92.0 Å². The number of aryl methyl sites for hydroxylation is 5. The summed E-state index contributed by atoms with van der Waals surface area (Å²) in [4.78, 5) is 0. The molecular formula is C125H86B4O8. The van der Waals surface area contributed by atoms with Crippen LogP contribution >= 0.6 is 0 Å². The highest BCUT2D eigenvalue weighted by Gasteiger charge is 2.47. The zero-order chi connectivity index (χ0) is 91.5. The average molecular weight is 1760 g/mol. The molecule has 28 rings (SSSR count). The van der Waals surface area contributed by atoms with Gasteiger partial charge < -0.3 is 37.9 Å². The number of benzene rings is 20. The minimum atomic E-state index is 0.0475. The summed E-state index contributed by atoms with van der Waals surface area (Å²) in [6, 6.07) is 151. The Labute approximate surface area is 799 Å². The maximum atomic E-state index is 6.61. The summed E-state index contributed by atoms with van der Waals surface area (Å²) in [6.07, 6.45) is 0. The molecule has 8 heterocycles. The normalized spacial score (nSPS) is 12.7. The molecule has 0 saturated heterocycles. The van der Waals surface area contributed by atoms with Gasteiger partial charge >= 0.3 is 0 Å². The van der Waals surface area contributed by atoms with Crippen molar-refractivity contribution >= 4 is 92.4 Å². The average Bonchev–Trinajstić information content (AvgIpc) is 0.729. The first-order valence-electron chi connectivity index (χ1n) is 47.0. The molecule has 20 aromatic rings. The Kier molecular flexibility index (Phi) is 20.3. The van der Waals surface area contributed by atoms with E-state index in [1.165, 1.54) is 127 Å². The summed E-state index contributed by atoms with van der Waals surface area (Å²) < 4.78 is 52.3. The van der Waals surface area contributed by atoms with E-state index in [0.29, 0.717) is 0 Å². The van der Waals surface area contributed by atoms with Crippen molar-refractivity contribution in [3.8, 4) is 181 Å². The van der Waals surface area contributed by atoms with E-state index in [9.17, 15) is 0 Å². The second-order valence-electron chi connectivity index (χ2n) is 36.3. The monoisotopic (exact) mass is 1760 g/mol. The summed E-state index contributed by atoms with van der Waals surface area (Å²) in [5, 5.41) is 0. The van der Waals surface area contributed by atoms with Crippen molar-refractivity contribution in [3.63, 3.8) is 0 Å². The maximum absolute atomic E-state index is 6.61. The molecule has 8 aliphatic heterocycles. The number of ether oxygens (including phenoxy) is 8. The molecule has 0 N–H and O–H groups in total. The van der Waals surface area contributed by atoms with E-state index in [1.54, 1.807) is 0 Å². The fraction of sp³-hybridized carbons (Fsp3) is 0.0400. The molecule has 20 aromatic carbocycles. The largest absolute Gasteiger partial charge is 0.458 e. The number of para-hydroxylation sites is 4. The predicted molar refractivity (Wildman–Crippen MR) is 564 cm³/mol. The van der Waals surface area contributed by atoms with Gasteiger partial charge in [-0.1, -0.05) is 346 Å². The van der Waals surface area contributed by atoms with Crippen LogP contribution in [-0.4, -0.2) is 26.9 Å². The van der Waals surface area contributed by atoms with Crippen molar-refractivity contribution in [1.82, 2.24) is 0 Å². The van der Waals surface area contributed by atoms with Crippen molar-refractivity contribution in [2.24, 2.45) is 0 Å². The molecule has 0 aliphatic carbocycles. The molecule has 646 valence electrons. The van der Waals surface area contributed by atoms with Gasteiger partial charge in [-0.15, -0.1) is 0 Å². The van der Waals surface area contributed by atoms with Crippen LogP contribution in [0.15, 0.2) is 431 Å². The topological polar surface area (TPSA) is 73.8 Å². The van der Waals surface area contributed by atoms with E-state index in [-0.39, 0.29) is 26.9 Å². The molecule has 0 bridgehead atoms. The zero-order valence-corrected chi connectivity index (χ0v) is 76.1. The van der Waals surface area contributed by atoms with Crippen LogP contribution < -0.4 is 103 Å². The quantitative estimate of drug-likeness (QED) is 0.139. The third-order valence-electron chi connectivity index (χ3n) is 28.2. The molecule has 0 fully saturated rings. The maximum Gasteiger partial charge on any atom is 0.260 e. The minimum absolute atomic E-state index is 0.0475. The Morgan fingerprint density at radius 3 is 0.854 bits per heavy atom. The summed E-state index contributed by atoms with van der Waals surface area (Å²) in [5.74, 6) is 14.3. The highest BCUT2D eigenvalue weighted by atomic mass is 16.5. The second kappa shape index (κ2) is 34.0. The molecule has 0 unspecified atom stereocenters. The Bertz CT molecular complexity index is 8270. The van der Waals surface area contributed by atoms with Crippen molar-refractivity contribution in [3.05, 3.63) is 459 Å².